The van der Waals surface area contributed by atoms with Crippen molar-refractivity contribution in [1.82, 2.24) is 4.31 Å². The number of anilines is 3. The highest BCUT2D eigenvalue weighted by Crippen LogP contribution is 2.23. The Morgan fingerprint density at radius 2 is 1.55 bits per heavy atom. The van der Waals surface area contributed by atoms with Gasteiger partial charge < -0.3 is 10.6 Å². The Kier molecular flexibility index (Phi) is 7.28. The van der Waals surface area contributed by atoms with Crippen LogP contribution in [0.15, 0.2) is 54.6 Å². The van der Waals surface area contributed by atoms with Crippen LogP contribution >= 0.6 is 0 Å². The first-order chi connectivity index (χ1) is 14.0. The van der Waals surface area contributed by atoms with Crippen LogP contribution in [0.4, 0.5) is 17.1 Å². The van der Waals surface area contributed by atoms with Crippen molar-refractivity contribution in [2.24, 2.45) is 5.92 Å². The van der Waals surface area contributed by atoms with Gasteiger partial charge in [0.1, 0.15) is 0 Å². The number of carbonyl (C=O) groups is 1. The molecule has 3 rings (SSSR count). The van der Waals surface area contributed by atoms with E-state index < -0.39 is 10.0 Å². The third kappa shape index (κ3) is 6.05. The van der Waals surface area contributed by atoms with Crippen LogP contribution in [-0.4, -0.2) is 37.5 Å². The van der Waals surface area contributed by atoms with E-state index in [4.69, 9.17) is 0 Å². The minimum absolute atomic E-state index is 0.0422. The lowest BCUT2D eigenvalue weighted by Gasteiger charge is -2.30. The predicted octanol–water partition coefficient (Wildman–Crippen LogP) is 4.21. The molecule has 0 radical (unpaired) electrons. The number of carbonyl (C=O) groups excluding carboxylic acids is 1. The van der Waals surface area contributed by atoms with E-state index in [0.29, 0.717) is 32.4 Å². The summed E-state index contributed by atoms with van der Waals surface area (Å²) in [6, 6.07) is 17.5. The Labute approximate surface area is 173 Å². The fourth-order valence-corrected chi connectivity index (χ4v) is 5.10. The Morgan fingerprint density at radius 1 is 0.966 bits per heavy atom. The van der Waals surface area contributed by atoms with Crippen molar-refractivity contribution >= 4 is 33.0 Å². The summed E-state index contributed by atoms with van der Waals surface area (Å²) in [5.74, 6) is -0.00175. The number of unbranched alkanes of at least 4 members (excludes halogenated alkanes) is 1. The summed E-state index contributed by atoms with van der Waals surface area (Å²) in [7, 11) is -3.19. The van der Waals surface area contributed by atoms with Crippen LogP contribution in [0.2, 0.25) is 0 Å². The van der Waals surface area contributed by atoms with E-state index in [0.717, 1.165) is 23.5 Å². The van der Waals surface area contributed by atoms with E-state index in [1.807, 2.05) is 61.5 Å². The van der Waals surface area contributed by atoms with E-state index in [1.54, 1.807) is 0 Å². The Hall–Kier alpha value is -2.38. The lowest BCUT2D eigenvalue weighted by atomic mass is 9.97. The molecular weight excluding hydrogens is 386 g/mol. The average molecular weight is 416 g/mol. The van der Waals surface area contributed by atoms with E-state index in [2.05, 4.69) is 10.6 Å². The standard InChI is InChI=1S/C22H29N3O3S/c1-2-3-17-29(27,28)25-15-13-18(14-16-25)22(26)24-21-11-9-20(10-12-21)23-19-7-5-4-6-8-19/h4-12,18,23H,2-3,13-17H2,1H3,(H,24,26). The predicted molar refractivity (Wildman–Crippen MR) is 118 cm³/mol. The molecule has 1 heterocycles. The summed E-state index contributed by atoms with van der Waals surface area (Å²) in [6.45, 7) is 2.82. The molecule has 1 amide bonds. The zero-order valence-corrected chi connectivity index (χ0v) is 17.6. The number of amides is 1. The second-order valence-corrected chi connectivity index (χ2v) is 9.49. The molecule has 7 heteroatoms. The largest absolute Gasteiger partial charge is 0.356 e. The molecule has 1 fully saturated rings. The van der Waals surface area contributed by atoms with Crippen LogP contribution in [0.1, 0.15) is 32.6 Å². The summed E-state index contributed by atoms with van der Waals surface area (Å²) in [6.07, 6.45) is 2.66. The molecule has 0 spiro atoms. The number of nitrogens with zero attached hydrogens (tertiary/aromatic N) is 1. The minimum Gasteiger partial charge on any atom is -0.356 e. The van der Waals surface area contributed by atoms with E-state index in [9.17, 15) is 13.2 Å². The maximum atomic E-state index is 12.6. The Balaban J connectivity index is 1.49. The van der Waals surface area contributed by atoms with Crippen LogP contribution in [0.25, 0.3) is 0 Å². The van der Waals surface area contributed by atoms with Crippen LogP contribution in [0.3, 0.4) is 0 Å². The second-order valence-electron chi connectivity index (χ2n) is 7.40. The summed E-state index contributed by atoms with van der Waals surface area (Å²) in [5, 5.41) is 6.26. The highest BCUT2D eigenvalue weighted by atomic mass is 32.2. The Bertz CT molecular complexity index is 891. The number of sulfonamides is 1. The van der Waals surface area contributed by atoms with Gasteiger partial charge in [-0.15, -0.1) is 0 Å². The molecule has 29 heavy (non-hydrogen) atoms. The van der Waals surface area contributed by atoms with Crippen LogP contribution < -0.4 is 10.6 Å². The van der Waals surface area contributed by atoms with E-state index in [1.165, 1.54) is 4.31 Å². The highest BCUT2D eigenvalue weighted by Gasteiger charge is 2.30. The summed E-state index contributed by atoms with van der Waals surface area (Å²) in [4.78, 5) is 12.6. The van der Waals surface area contributed by atoms with Gasteiger partial charge in [-0.2, -0.15) is 0 Å². The van der Waals surface area contributed by atoms with Crippen LogP contribution in [0, 0.1) is 5.92 Å². The monoisotopic (exact) mass is 415 g/mol. The first-order valence-corrected chi connectivity index (χ1v) is 11.8. The van der Waals surface area contributed by atoms with Crippen molar-refractivity contribution in [3.63, 3.8) is 0 Å². The lowest BCUT2D eigenvalue weighted by molar-refractivity contribution is -0.120. The van der Waals surface area contributed by atoms with Gasteiger partial charge in [0.15, 0.2) is 0 Å². The third-order valence-corrected chi connectivity index (χ3v) is 7.15. The fourth-order valence-electron chi connectivity index (χ4n) is 3.42. The zero-order valence-electron chi connectivity index (χ0n) is 16.8. The van der Waals surface area contributed by atoms with Gasteiger partial charge in [-0.25, -0.2) is 12.7 Å². The molecule has 1 aliphatic heterocycles. The van der Waals surface area contributed by atoms with Crippen molar-refractivity contribution in [2.45, 2.75) is 32.6 Å². The minimum atomic E-state index is -3.19. The summed E-state index contributed by atoms with van der Waals surface area (Å²) < 4.78 is 26.1. The number of para-hydroxylation sites is 1. The van der Waals surface area contributed by atoms with Crippen molar-refractivity contribution in [3.05, 3.63) is 54.6 Å². The van der Waals surface area contributed by atoms with Gasteiger partial charge in [-0.05, 0) is 55.7 Å². The molecule has 0 aliphatic carbocycles. The molecule has 0 aromatic heterocycles. The number of hydrogen-bond donors (Lipinski definition) is 2. The molecule has 0 unspecified atom stereocenters. The van der Waals surface area contributed by atoms with Crippen molar-refractivity contribution in [2.75, 3.05) is 29.5 Å². The van der Waals surface area contributed by atoms with Gasteiger partial charge in [0.05, 0.1) is 5.75 Å². The zero-order chi connectivity index (χ0) is 20.7. The van der Waals surface area contributed by atoms with Crippen LogP contribution in [-0.2, 0) is 14.8 Å². The molecule has 1 aliphatic rings. The second kappa shape index (κ2) is 9.89. The smallest absolute Gasteiger partial charge is 0.227 e. The van der Waals surface area contributed by atoms with Gasteiger partial charge in [0.25, 0.3) is 0 Å². The average Bonchev–Trinajstić information content (AvgIpc) is 2.74. The van der Waals surface area contributed by atoms with Gasteiger partial charge >= 0.3 is 0 Å². The maximum Gasteiger partial charge on any atom is 0.227 e. The first-order valence-electron chi connectivity index (χ1n) is 10.2. The third-order valence-electron chi connectivity index (χ3n) is 5.19. The molecule has 0 saturated carbocycles. The van der Waals surface area contributed by atoms with E-state index in [-0.39, 0.29) is 17.6 Å². The van der Waals surface area contributed by atoms with Gasteiger partial charge in [0, 0.05) is 36.1 Å². The van der Waals surface area contributed by atoms with Crippen LogP contribution in [0.5, 0.6) is 0 Å². The molecule has 6 nitrogen and oxygen atoms in total. The molecule has 2 aromatic carbocycles. The quantitative estimate of drug-likeness (QED) is 0.677. The Morgan fingerprint density at radius 3 is 2.17 bits per heavy atom. The highest BCUT2D eigenvalue weighted by molar-refractivity contribution is 7.89. The number of nitrogens with one attached hydrogen (secondary N) is 2. The molecule has 0 bridgehead atoms. The summed E-state index contributed by atoms with van der Waals surface area (Å²) >= 11 is 0. The number of rotatable bonds is 8. The molecule has 2 N–H and O–H groups in total. The molecule has 156 valence electrons. The number of benzene rings is 2. The van der Waals surface area contributed by atoms with Crippen molar-refractivity contribution in [3.8, 4) is 0 Å². The maximum absolute atomic E-state index is 12.6. The number of piperidine rings is 1. The molecule has 0 atom stereocenters. The normalized spacial score (nSPS) is 15.8. The number of hydrogen-bond acceptors (Lipinski definition) is 4. The molecule has 1 saturated heterocycles. The SMILES string of the molecule is CCCCS(=O)(=O)N1CCC(C(=O)Nc2ccc(Nc3ccccc3)cc2)CC1. The van der Waals surface area contributed by atoms with Gasteiger partial charge in [-0.3, -0.25) is 4.79 Å². The van der Waals surface area contributed by atoms with E-state index >= 15 is 0 Å². The van der Waals surface area contributed by atoms with Gasteiger partial charge in [0.2, 0.25) is 15.9 Å². The van der Waals surface area contributed by atoms with Crippen molar-refractivity contribution in [1.29, 1.82) is 0 Å². The van der Waals surface area contributed by atoms with Crippen molar-refractivity contribution < 1.29 is 13.2 Å². The summed E-state index contributed by atoms with van der Waals surface area (Å²) in [5.41, 5.74) is 2.69. The first kappa shape index (κ1) is 21.3. The molecular formula is C22H29N3O3S. The lowest BCUT2D eigenvalue weighted by Crippen LogP contribution is -2.42. The molecule has 2 aromatic rings. The fraction of sp³-hybridized carbons (Fsp3) is 0.409. The topological polar surface area (TPSA) is 78.5 Å². The van der Waals surface area contributed by atoms with Gasteiger partial charge in [-0.1, -0.05) is 31.5 Å².